The number of nitrogens with one attached hydrogen (secondary N) is 1. The molecule has 3 N–H and O–H groups in total. The van der Waals surface area contributed by atoms with Crippen LogP contribution in [0.25, 0.3) is 0 Å². The highest BCUT2D eigenvalue weighted by Gasteiger charge is 2.02. The van der Waals surface area contributed by atoms with E-state index in [1.165, 1.54) is 12.1 Å². The molecule has 2 aromatic rings. The molecule has 0 amide bonds. The lowest BCUT2D eigenvalue weighted by atomic mass is 10.2. The zero-order valence-electron chi connectivity index (χ0n) is 10.3. The molecule has 0 bridgehead atoms. The number of aromatic hydroxyl groups is 2. The topological polar surface area (TPSA) is 78.3 Å². The molecule has 0 aliphatic rings. The van der Waals surface area contributed by atoms with Crippen LogP contribution in [-0.4, -0.2) is 20.2 Å². The maximum absolute atomic E-state index is 9.38. The van der Waals surface area contributed by atoms with Gasteiger partial charge in [0.25, 0.3) is 0 Å². The summed E-state index contributed by atoms with van der Waals surface area (Å²) in [5.74, 6) is 0.303. The lowest BCUT2D eigenvalue weighted by molar-refractivity contribution is 0.403. The number of phenols is 2. The fourth-order valence-corrected chi connectivity index (χ4v) is 1.67. The molecule has 1 heterocycles. The lowest BCUT2D eigenvalue weighted by Gasteiger charge is -2.07. The Morgan fingerprint density at radius 3 is 2.28 bits per heavy atom. The lowest BCUT2D eigenvalue weighted by Crippen LogP contribution is -2.05. The van der Waals surface area contributed by atoms with Gasteiger partial charge in [-0.3, -0.25) is 0 Å². The number of aryl methyl sites for hydroxylation is 2. The highest BCUT2D eigenvalue weighted by Crippen LogP contribution is 2.25. The molecule has 0 radical (unpaired) electrons. The summed E-state index contributed by atoms with van der Waals surface area (Å²) in [6.45, 7) is 4.30. The summed E-state index contributed by atoms with van der Waals surface area (Å²) in [6.07, 6.45) is 0. The summed E-state index contributed by atoms with van der Waals surface area (Å²) < 4.78 is 0. The van der Waals surface area contributed by atoms with Gasteiger partial charge in [0.05, 0.1) is 0 Å². The van der Waals surface area contributed by atoms with Crippen LogP contribution in [0.2, 0.25) is 0 Å². The summed E-state index contributed by atoms with van der Waals surface area (Å²) in [5, 5.41) is 21.7. The summed E-state index contributed by atoms with van der Waals surface area (Å²) in [7, 11) is 0. The predicted molar refractivity (Wildman–Crippen MR) is 68.6 cm³/mol. The van der Waals surface area contributed by atoms with Crippen LogP contribution in [0.3, 0.4) is 0 Å². The van der Waals surface area contributed by atoms with Gasteiger partial charge in [-0.25, -0.2) is 9.97 Å². The van der Waals surface area contributed by atoms with Gasteiger partial charge in [0.1, 0.15) is 0 Å². The molecule has 5 nitrogen and oxygen atoms in total. The first-order valence-corrected chi connectivity index (χ1v) is 5.61. The van der Waals surface area contributed by atoms with Gasteiger partial charge < -0.3 is 15.5 Å². The van der Waals surface area contributed by atoms with Crippen LogP contribution >= 0.6 is 0 Å². The normalized spacial score (nSPS) is 10.3. The van der Waals surface area contributed by atoms with Gasteiger partial charge in [0, 0.05) is 17.9 Å². The van der Waals surface area contributed by atoms with E-state index in [4.69, 9.17) is 0 Å². The first-order valence-electron chi connectivity index (χ1n) is 5.61. The third-order valence-electron chi connectivity index (χ3n) is 2.47. The van der Waals surface area contributed by atoms with E-state index in [9.17, 15) is 10.2 Å². The third-order valence-corrected chi connectivity index (χ3v) is 2.47. The van der Waals surface area contributed by atoms with Gasteiger partial charge in [-0.1, -0.05) is 6.07 Å². The first kappa shape index (κ1) is 12.2. The molecule has 0 spiro atoms. The summed E-state index contributed by atoms with van der Waals surface area (Å²) in [4.78, 5) is 8.51. The molecule has 0 aliphatic carbocycles. The number of hydrogen-bond acceptors (Lipinski definition) is 5. The number of phenolic OH excluding ortho intramolecular Hbond substituents is 2. The Morgan fingerprint density at radius 1 is 1.00 bits per heavy atom. The highest BCUT2D eigenvalue weighted by atomic mass is 16.3. The van der Waals surface area contributed by atoms with Gasteiger partial charge in [-0.2, -0.15) is 0 Å². The Hall–Kier alpha value is -2.30. The molecule has 0 saturated heterocycles. The summed E-state index contributed by atoms with van der Waals surface area (Å²) >= 11 is 0. The van der Waals surface area contributed by atoms with Crippen LogP contribution in [0.1, 0.15) is 17.0 Å². The number of anilines is 1. The molecule has 0 atom stereocenters. The highest BCUT2D eigenvalue weighted by molar-refractivity contribution is 5.41. The second-order valence-corrected chi connectivity index (χ2v) is 4.15. The van der Waals surface area contributed by atoms with Crippen molar-refractivity contribution < 1.29 is 10.2 Å². The van der Waals surface area contributed by atoms with Crippen LogP contribution in [0.5, 0.6) is 11.5 Å². The van der Waals surface area contributed by atoms with Crippen LogP contribution in [0.4, 0.5) is 5.95 Å². The Kier molecular flexibility index (Phi) is 3.32. The Morgan fingerprint density at radius 2 is 1.67 bits per heavy atom. The average molecular weight is 245 g/mol. The van der Waals surface area contributed by atoms with Crippen molar-refractivity contribution in [3.05, 3.63) is 41.2 Å². The molecule has 0 fully saturated rings. The summed E-state index contributed by atoms with van der Waals surface area (Å²) in [5.41, 5.74) is 2.64. The number of hydrogen-bond donors (Lipinski definition) is 3. The minimum Gasteiger partial charge on any atom is -0.504 e. The zero-order chi connectivity index (χ0) is 13.1. The Labute approximate surface area is 105 Å². The van der Waals surface area contributed by atoms with Crippen molar-refractivity contribution in [2.75, 3.05) is 5.32 Å². The van der Waals surface area contributed by atoms with E-state index < -0.39 is 0 Å². The van der Waals surface area contributed by atoms with Gasteiger partial charge in [0.2, 0.25) is 5.95 Å². The maximum atomic E-state index is 9.38. The molecule has 0 saturated carbocycles. The second kappa shape index (κ2) is 4.91. The smallest absolute Gasteiger partial charge is 0.223 e. The van der Waals surface area contributed by atoms with Crippen molar-refractivity contribution in [2.24, 2.45) is 0 Å². The summed E-state index contributed by atoms with van der Waals surface area (Å²) in [6, 6.07) is 6.59. The monoisotopic (exact) mass is 245 g/mol. The van der Waals surface area contributed by atoms with Crippen LogP contribution in [-0.2, 0) is 6.54 Å². The number of nitrogens with zero attached hydrogens (tertiary/aromatic N) is 2. The van der Waals surface area contributed by atoms with Crippen molar-refractivity contribution >= 4 is 5.95 Å². The molecular formula is C13H15N3O2. The molecule has 5 heteroatoms. The van der Waals surface area contributed by atoms with Crippen molar-refractivity contribution in [3.8, 4) is 11.5 Å². The van der Waals surface area contributed by atoms with E-state index >= 15 is 0 Å². The van der Waals surface area contributed by atoms with Gasteiger partial charge >= 0.3 is 0 Å². The molecule has 2 rings (SSSR count). The number of rotatable bonds is 3. The van der Waals surface area contributed by atoms with Gasteiger partial charge in [0.15, 0.2) is 11.5 Å². The number of benzene rings is 1. The number of aromatic nitrogens is 2. The van der Waals surface area contributed by atoms with Crippen LogP contribution in [0, 0.1) is 13.8 Å². The fraction of sp³-hybridized carbons (Fsp3) is 0.231. The Balaban J connectivity index is 2.08. The Bertz CT molecular complexity index is 550. The molecule has 94 valence electrons. The van der Waals surface area contributed by atoms with E-state index in [1.807, 2.05) is 19.9 Å². The molecule has 18 heavy (non-hydrogen) atoms. The third kappa shape index (κ3) is 2.88. The minimum absolute atomic E-state index is 0.124. The standard InChI is InChI=1S/C13H15N3O2/c1-8-5-9(2)16-13(15-8)14-7-10-3-4-11(17)12(18)6-10/h3-6,17-18H,7H2,1-2H3,(H,14,15,16). The van der Waals surface area contributed by atoms with Crippen LogP contribution < -0.4 is 5.32 Å². The van der Waals surface area contributed by atoms with E-state index in [2.05, 4.69) is 15.3 Å². The van der Waals surface area contributed by atoms with Crippen molar-refractivity contribution in [2.45, 2.75) is 20.4 Å². The zero-order valence-corrected chi connectivity index (χ0v) is 10.3. The molecule has 0 aliphatic heterocycles. The van der Waals surface area contributed by atoms with E-state index in [-0.39, 0.29) is 11.5 Å². The van der Waals surface area contributed by atoms with Crippen molar-refractivity contribution in [3.63, 3.8) is 0 Å². The first-order chi connectivity index (χ1) is 8.54. The molecule has 0 unspecified atom stereocenters. The average Bonchev–Trinajstić information content (AvgIpc) is 2.29. The molecular weight excluding hydrogens is 230 g/mol. The van der Waals surface area contributed by atoms with Crippen LogP contribution in [0.15, 0.2) is 24.3 Å². The second-order valence-electron chi connectivity index (χ2n) is 4.15. The van der Waals surface area contributed by atoms with E-state index in [0.29, 0.717) is 12.5 Å². The fourth-order valence-electron chi connectivity index (χ4n) is 1.67. The van der Waals surface area contributed by atoms with Gasteiger partial charge in [-0.15, -0.1) is 0 Å². The van der Waals surface area contributed by atoms with E-state index in [1.54, 1.807) is 6.07 Å². The predicted octanol–water partition coefficient (Wildman–Crippen LogP) is 2.12. The largest absolute Gasteiger partial charge is 0.504 e. The SMILES string of the molecule is Cc1cc(C)nc(NCc2ccc(O)c(O)c2)n1. The molecule has 1 aromatic carbocycles. The van der Waals surface area contributed by atoms with Gasteiger partial charge in [-0.05, 0) is 37.6 Å². The van der Waals surface area contributed by atoms with E-state index in [0.717, 1.165) is 17.0 Å². The van der Waals surface area contributed by atoms with Crippen molar-refractivity contribution in [1.82, 2.24) is 9.97 Å². The quantitative estimate of drug-likeness (QED) is 0.722. The maximum Gasteiger partial charge on any atom is 0.223 e. The molecule has 1 aromatic heterocycles. The van der Waals surface area contributed by atoms with Crippen molar-refractivity contribution in [1.29, 1.82) is 0 Å². The minimum atomic E-state index is -0.129.